The van der Waals surface area contributed by atoms with E-state index in [-0.39, 0.29) is 18.1 Å². The molecular weight excluding hydrogens is 200 g/mol. The standard InChI is InChI=1S/C10H12O5/c11-3-5-1-2-6-7(9(12)13)4-15-10(14)8(5)6/h1,4,6,8,10-11,14H,2-3H2,(H,12,13)/t6-,8?,10-/m1/s1. The van der Waals surface area contributed by atoms with E-state index in [2.05, 4.69) is 0 Å². The number of carboxylic acids is 1. The molecule has 15 heavy (non-hydrogen) atoms. The second-order valence-corrected chi connectivity index (χ2v) is 3.71. The minimum Gasteiger partial charge on any atom is -0.478 e. The largest absolute Gasteiger partial charge is 0.478 e. The first kappa shape index (κ1) is 10.2. The van der Waals surface area contributed by atoms with E-state index in [1.807, 2.05) is 0 Å². The Morgan fingerprint density at radius 3 is 2.93 bits per heavy atom. The van der Waals surface area contributed by atoms with Crippen molar-refractivity contribution in [1.29, 1.82) is 0 Å². The Hall–Kier alpha value is -1.33. The van der Waals surface area contributed by atoms with E-state index in [4.69, 9.17) is 14.9 Å². The molecule has 0 radical (unpaired) electrons. The van der Waals surface area contributed by atoms with Crippen LogP contribution in [0.4, 0.5) is 0 Å². The lowest BCUT2D eigenvalue weighted by atomic mass is 9.84. The number of fused-ring (bicyclic) bond motifs is 1. The Morgan fingerprint density at radius 1 is 1.60 bits per heavy atom. The first-order chi connectivity index (χ1) is 7.15. The summed E-state index contributed by atoms with van der Waals surface area (Å²) in [7, 11) is 0. The van der Waals surface area contributed by atoms with Gasteiger partial charge in [-0.1, -0.05) is 6.08 Å². The summed E-state index contributed by atoms with van der Waals surface area (Å²) in [5, 5.41) is 27.5. The number of ether oxygens (including phenoxy) is 1. The fourth-order valence-corrected chi connectivity index (χ4v) is 2.22. The number of carbonyl (C=O) groups is 1. The summed E-state index contributed by atoms with van der Waals surface area (Å²) in [6.07, 6.45) is 2.34. The van der Waals surface area contributed by atoms with Gasteiger partial charge in [0, 0.05) is 5.92 Å². The maximum absolute atomic E-state index is 10.9. The lowest BCUT2D eigenvalue weighted by molar-refractivity contribution is -0.138. The molecule has 0 aromatic carbocycles. The minimum atomic E-state index is -1.06. The van der Waals surface area contributed by atoms with Crippen molar-refractivity contribution in [2.75, 3.05) is 6.61 Å². The molecule has 0 aromatic rings. The van der Waals surface area contributed by atoms with Crippen molar-refractivity contribution in [2.24, 2.45) is 11.8 Å². The van der Waals surface area contributed by atoms with Crippen LogP contribution in [0, 0.1) is 11.8 Å². The molecule has 2 rings (SSSR count). The summed E-state index contributed by atoms with van der Waals surface area (Å²) in [4.78, 5) is 10.9. The number of rotatable bonds is 2. The molecule has 0 amide bonds. The first-order valence-corrected chi connectivity index (χ1v) is 4.71. The van der Waals surface area contributed by atoms with Crippen molar-refractivity contribution < 1.29 is 24.9 Å². The Labute approximate surface area is 86.3 Å². The quantitative estimate of drug-likeness (QED) is 0.554. The molecule has 0 bridgehead atoms. The zero-order valence-corrected chi connectivity index (χ0v) is 7.96. The molecule has 0 aromatic heterocycles. The van der Waals surface area contributed by atoms with Crippen molar-refractivity contribution in [3.05, 3.63) is 23.5 Å². The second kappa shape index (κ2) is 3.67. The van der Waals surface area contributed by atoms with Crippen LogP contribution < -0.4 is 0 Å². The van der Waals surface area contributed by atoms with Gasteiger partial charge in [-0.2, -0.15) is 0 Å². The SMILES string of the molecule is O=C(O)C1=CO[C@@H](O)C2C(CO)=CC[C@H]12. The number of aliphatic hydroxyl groups excluding tert-OH is 2. The summed E-state index contributed by atoms with van der Waals surface area (Å²) in [6, 6.07) is 0. The van der Waals surface area contributed by atoms with Crippen LogP contribution in [0.25, 0.3) is 0 Å². The molecule has 3 N–H and O–H groups in total. The Kier molecular flexibility index (Phi) is 2.50. The predicted molar refractivity (Wildman–Crippen MR) is 49.6 cm³/mol. The zero-order chi connectivity index (χ0) is 11.0. The zero-order valence-electron chi connectivity index (χ0n) is 7.96. The predicted octanol–water partition coefficient (Wildman–Crippen LogP) is -0.142. The molecular formula is C10H12O5. The second-order valence-electron chi connectivity index (χ2n) is 3.71. The van der Waals surface area contributed by atoms with Crippen LogP contribution in [-0.2, 0) is 9.53 Å². The van der Waals surface area contributed by atoms with Gasteiger partial charge in [-0.3, -0.25) is 0 Å². The summed E-state index contributed by atoms with van der Waals surface area (Å²) in [5.74, 6) is -1.75. The monoisotopic (exact) mass is 212 g/mol. The van der Waals surface area contributed by atoms with E-state index in [1.165, 1.54) is 0 Å². The van der Waals surface area contributed by atoms with Crippen LogP contribution in [0.5, 0.6) is 0 Å². The van der Waals surface area contributed by atoms with Crippen LogP contribution >= 0.6 is 0 Å². The topological polar surface area (TPSA) is 87.0 Å². The third kappa shape index (κ3) is 1.53. The fourth-order valence-electron chi connectivity index (χ4n) is 2.22. The van der Waals surface area contributed by atoms with Gasteiger partial charge in [0.25, 0.3) is 0 Å². The van der Waals surface area contributed by atoms with Gasteiger partial charge in [-0.25, -0.2) is 4.79 Å². The third-order valence-electron chi connectivity index (χ3n) is 2.97. The van der Waals surface area contributed by atoms with Gasteiger partial charge in [-0.15, -0.1) is 0 Å². The lowest BCUT2D eigenvalue weighted by Crippen LogP contribution is -2.35. The minimum absolute atomic E-state index is 0.157. The highest BCUT2D eigenvalue weighted by molar-refractivity contribution is 5.87. The van der Waals surface area contributed by atoms with E-state index in [1.54, 1.807) is 6.08 Å². The molecule has 1 aliphatic carbocycles. The highest BCUT2D eigenvalue weighted by atomic mass is 16.6. The molecule has 0 saturated carbocycles. The van der Waals surface area contributed by atoms with Crippen molar-refractivity contribution >= 4 is 5.97 Å². The molecule has 5 nitrogen and oxygen atoms in total. The van der Waals surface area contributed by atoms with Crippen molar-refractivity contribution in [3.8, 4) is 0 Å². The molecule has 0 fully saturated rings. The van der Waals surface area contributed by atoms with E-state index >= 15 is 0 Å². The van der Waals surface area contributed by atoms with Crippen molar-refractivity contribution in [3.63, 3.8) is 0 Å². The van der Waals surface area contributed by atoms with Crippen LogP contribution in [0.2, 0.25) is 0 Å². The van der Waals surface area contributed by atoms with Gasteiger partial charge in [0.15, 0.2) is 0 Å². The van der Waals surface area contributed by atoms with E-state index < -0.39 is 18.2 Å². The molecule has 1 unspecified atom stereocenters. The Bertz CT molecular complexity index is 344. The van der Waals surface area contributed by atoms with Crippen LogP contribution in [0.15, 0.2) is 23.5 Å². The van der Waals surface area contributed by atoms with E-state index in [0.717, 1.165) is 6.26 Å². The van der Waals surface area contributed by atoms with E-state index in [9.17, 15) is 9.90 Å². The fraction of sp³-hybridized carbons (Fsp3) is 0.500. The van der Waals surface area contributed by atoms with Gasteiger partial charge >= 0.3 is 5.97 Å². The number of hydrogen-bond donors (Lipinski definition) is 3. The molecule has 3 atom stereocenters. The number of aliphatic hydroxyl groups is 2. The summed E-state index contributed by atoms with van der Waals surface area (Å²) in [6.45, 7) is -0.172. The molecule has 2 aliphatic rings. The first-order valence-electron chi connectivity index (χ1n) is 4.71. The van der Waals surface area contributed by atoms with Gasteiger partial charge in [0.2, 0.25) is 6.29 Å². The maximum Gasteiger partial charge on any atom is 0.335 e. The summed E-state index contributed by atoms with van der Waals surface area (Å²) >= 11 is 0. The Balaban J connectivity index is 2.29. The average molecular weight is 212 g/mol. The summed E-state index contributed by atoms with van der Waals surface area (Å²) in [5.41, 5.74) is 0.810. The van der Waals surface area contributed by atoms with Crippen molar-refractivity contribution in [2.45, 2.75) is 12.7 Å². The van der Waals surface area contributed by atoms with E-state index in [0.29, 0.717) is 12.0 Å². The normalized spacial score (nSPS) is 33.9. The highest BCUT2D eigenvalue weighted by Gasteiger charge is 2.42. The average Bonchev–Trinajstić information content (AvgIpc) is 2.62. The number of allylic oxidation sites excluding steroid dienone is 1. The van der Waals surface area contributed by atoms with Gasteiger partial charge in [0.1, 0.15) is 0 Å². The third-order valence-corrected chi connectivity index (χ3v) is 2.97. The molecule has 0 saturated heterocycles. The van der Waals surface area contributed by atoms with Crippen LogP contribution in [-0.4, -0.2) is 34.2 Å². The highest BCUT2D eigenvalue weighted by Crippen LogP contribution is 2.41. The van der Waals surface area contributed by atoms with Gasteiger partial charge < -0.3 is 20.1 Å². The number of carboxylic acid groups (broad SMARTS) is 1. The number of hydrogen-bond acceptors (Lipinski definition) is 4. The van der Waals surface area contributed by atoms with Crippen LogP contribution in [0.3, 0.4) is 0 Å². The van der Waals surface area contributed by atoms with Gasteiger partial charge in [-0.05, 0) is 12.0 Å². The van der Waals surface area contributed by atoms with Crippen LogP contribution in [0.1, 0.15) is 6.42 Å². The number of aliphatic carboxylic acids is 1. The Morgan fingerprint density at radius 2 is 2.33 bits per heavy atom. The molecule has 82 valence electrons. The van der Waals surface area contributed by atoms with Crippen molar-refractivity contribution in [1.82, 2.24) is 0 Å². The van der Waals surface area contributed by atoms with Gasteiger partial charge in [0.05, 0.1) is 24.4 Å². The summed E-state index contributed by atoms with van der Waals surface area (Å²) < 4.78 is 4.86. The molecule has 5 heteroatoms. The lowest BCUT2D eigenvalue weighted by Gasteiger charge is -2.31. The smallest absolute Gasteiger partial charge is 0.335 e. The maximum atomic E-state index is 10.9. The molecule has 1 aliphatic heterocycles. The molecule has 0 spiro atoms. The molecule has 1 heterocycles.